The fourth-order valence-corrected chi connectivity index (χ4v) is 6.94. The number of hydrogen-bond donors (Lipinski definition) is 0. The van der Waals surface area contributed by atoms with Crippen molar-refractivity contribution in [2.75, 3.05) is 19.6 Å². The molecule has 312 valence electrons. The van der Waals surface area contributed by atoms with Crippen molar-refractivity contribution in [3.8, 4) is 0 Å². The molecule has 4 aromatic carbocycles. The first-order valence-electron chi connectivity index (χ1n) is 16.5. The predicted octanol–water partition coefficient (Wildman–Crippen LogP) is 12.2. The van der Waals surface area contributed by atoms with Crippen LogP contribution >= 0.6 is 0 Å². The number of quaternary nitrogens is 1. The molecule has 21 heteroatoms. The summed E-state index contributed by atoms with van der Waals surface area (Å²) >= 11 is 0. The van der Waals surface area contributed by atoms with E-state index in [9.17, 15) is 52.7 Å². The van der Waals surface area contributed by atoms with Gasteiger partial charge in [0.2, 0.25) is 52.2 Å². The van der Waals surface area contributed by atoms with Gasteiger partial charge < -0.3 is 0 Å². The van der Waals surface area contributed by atoms with Gasteiger partial charge in [0.25, 0.3) is 0 Å². The van der Waals surface area contributed by atoms with Gasteiger partial charge in [-0.05, 0) is 25.7 Å². The average Bonchev–Trinajstić information content (AvgIpc) is 3.18. The Morgan fingerprint density at radius 2 is 0.509 bits per heavy atom. The van der Waals surface area contributed by atoms with E-state index in [0.717, 1.165) is 0 Å². The lowest BCUT2D eigenvalue weighted by Crippen LogP contribution is -2.53. The van der Waals surface area contributed by atoms with Crippen molar-refractivity contribution in [2.24, 2.45) is 0 Å². The maximum atomic E-state index is 15.9. The zero-order valence-electron chi connectivity index (χ0n) is 28.9. The molecule has 4 aromatic rings. The summed E-state index contributed by atoms with van der Waals surface area (Å²) in [5.74, 6) is -61.1. The Morgan fingerprint density at radius 1 is 0.298 bits per heavy atom. The third-order valence-corrected chi connectivity index (χ3v) is 9.59. The van der Waals surface area contributed by atoms with Crippen molar-refractivity contribution in [2.45, 2.75) is 57.8 Å². The zero-order valence-corrected chi connectivity index (χ0v) is 28.9. The van der Waals surface area contributed by atoms with Crippen LogP contribution in [0, 0.1) is 116 Å². The maximum Gasteiger partial charge on any atom is 0.225 e. The summed E-state index contributed by atoms with van der Waals surface area (Å²) in [6.07, 6.45) is -4.08. The second-order valence-corrected chi connectivity index (χ2v) is 12.8. The van der Waals surface area contributed by atoms with E-state index >= 15 is 35.1 Å². The van der Waals surface area contributed by atoms with Crippen molar-refractivity contribution in [1.29, 1.82) is 0 Å². The number of rotatable bonds is 14. The molecule has 0 bridgehead atoms. The molecule has 0 atom stereocenters. The van der Waals surface area contributed by atoms with Crippen molar-refractivity contribution in [3.63, 3.8) is 0 Å². The highest BCUT2D eigenvalue weighted by Crippen LogP contribution is 2.52. The van der Waals surface area contributed by atoms with Gasteiger partial charge in [-0.3, -0.25) is 4.48 Å². The Kier molecular flexibility index (Phi) is 13.3. The number of nitrogens with zero attached hydrogens (tertiary/aromatic N) is 1. The highest BCUT2D eigenvalue weighted by atomic mass is 19.2. The van der Waals surface area contributed by atoms with Crippen LogP contribution in [0.4, 0.5) is 93.5 Å². The fraction of sp³-hybridized carbons (Fsp3) is 0.333. The molecule has 0 saturated heterocycles. The number of unbranched alkanes of at least 4 members (excludes halogenated alkanes) is 2. The highest BCUT2D eigenvalue weighted by molar-refractivity contribution is 5.55. The molecule has 0 saturated carbocycles. The summed E-state index contributed by atoms with van der Waals surface area (Å²) in [7, 11) is 0. The minimum atomic E-state index is -4.92. The molecular formula is C36H24F20N+. The Labute approximate surface area is 308 Å². The SMILES string of the molecule is CCCC[N+](CCCC)(CCCC(c1c(F)c(F)c(F)c(F)c1F)(c1c(F)c(F)c(F)c(F)c1F)c1c(F)c(F)c(F)c(F)c1F)c1c(F)c(F)c(F)c(F)c1F. The summed E-state index contributed by atoms with van der Waals surface area (Å²) in [6, 6.07) is 0. The molecule has 0 radical (unpaired) electrons. The van der Waals surface area contributed by atoms with Gasteiger partial charge in [-0.1, -0.05) is 26.7 Å². The fourth-order valence-electron chi connectivity index (χ4n) is 6.94. The number of halogens is 20. The van der Waals surface area contributed by atoms with Crippen LogP contribution < -0.4 is 4.48 Å². The van der Waals surface area contributed by atoms with Crippen LogP contribution in [0.15, 0.2) is 0 Å². The molecule has 0 N–H and O–H groups in total. The Morgan fingerprint density at radius 3 is 0.754 bits per heavy atom. The van der Waals surface area contributed by atoms with Gasteiger partial charge in [0.15, 0.2) is 69.8 Å². The molecule has 0 amide bonds. The predicted molar refractivity (Wildman–Crippen MR) is 160 cm³/mol. The van der Waals surface area contributed by atoms with E-state index in [4.69, 9.17) is 0 Å². The van der Waals surface area contributed by atoms with Crippen LogP contribution in [-0.2, 0) is 5.41 Å². The quantitative estimate of drug-likeness (QED) is 0.0390. The highest BCUT2D eigenvalue weighted by Gasteiger charge is 2.54. The van der Waals surface area contributed by atoms with Gasteiger partial charge in [0.1, 0.15) is 0 Å². The lowest BCUT2D eigenvalue weighted by molar-refractivity contribution is 0.226. The minimum Gasteiger partial charge on any atom is -0.286 e. The Bertz CT molecular complexity index is 1940. The second kappa shape index (κ2) is 16.7. The first-order chi connectivity index (χ1) is 26.5. The number of benzene rings is 4. The van der Waals surface area contributed by atoms with Crippen molar-refractivity contribution >= 4 is 5.69 Å². The standard InChI is InChI=1S/C36H24F20N/c1-3-5-9-57(10-6-4-2,35-33(55)31(53)30(52)32(54)34(35)56)11-7-8-36(12-15(37)21(43)27(49)22(44)16(12)38,13-17(39)23(45)28(50)24(46)18(13)40)14-19(41)25(47)29(51)26(48)20(14)42/h3-11H2,1-2H3/q+1. The molecule has 0 spiro atoms. The Hall–Kier alpha value is -4.56. The summed E-state index contributed by atoms with van der Waals surface area (Å²) in [4.78, 5) is 0. The molecule has 0 unspecified atom stereocenters. The van der Waals surface area contributed by atoms with Gasteiger partial charge in [0.05, 0.1) is 25.0 Å². The van der Waals surface area contributed by atoms with Gasteiger partial charge in [0, 0.05) is 16.7 Å². The molecule has 57 heavy (non-hydrogen) atoms. The molecule has 1 nitrogen and oxygen atoms in total. The topological polar surface area (TPSA) is 0 Å². The molecule has 0 heterocycles. The summed E-state index contributed by atoms with van der Waals surface area (Å²) < 4.78 is 301. The molecule has 0 aromatic heterocycles. The van der Waals surface area contributed by atoms with Crippen LogP contribution in [0.3, 0.4) is 0 Å². The molecular weight excluding hydrogens is 826 g/mol. The van der Waals surface area contributed by atoms with Crippen LogP contribution in [0.25, 0.3) is 0 Å². The van der Waals surface area contributed by atoms with E-state index in [2.05, 4.69) is 0 Å². The van der Waals surface area contributed by atoms with E-state index in [1.165, 1.54) is 13.8 Å². The van der Waals surface area contributed by atoms with E-state index < -0.39 is 181 Å². The Balaban J connectivity index is 2.29. The molecule has 4 rings (SSSR count). The first kappa shape index (κ1) is 45.1. The van der Waals surface area contributed by atoms with Crippen LogP contribution in [0.1, 0.15) is 69.1 Å². The van der Waals surface area contributed by atoms with Crippen LogP contribution in [0.5, 0.6) is 0 Å². The zero-order chi connectivity index (χ0) is 43.2. The summed E-state index contributed by atoms with van der Waals surface area (Å²) in [6.45, 7) is 0.201. The van der Waals surface area contributed by atoms with E-state index in [0.29, 0.717) is 0 Å². The van der Waals surface area contributed by atoms with Crippen LogP contribution in [-0.4, -0.2) is 19.6 Å². The molecule has 0 aliphatic rings. The number of hydrogen-bond acceptors (Lipinski definition) is 0. The first-order valence-corrected chi connectivity index (χ1v) is 16.5. The minimum absolute atomic E-state index is 0.0606. The van der Waals surface area contributed by atoms with Crippen molar-refractivity contribution in [3.05, 3.63) is 133 Å². The second-order valence-electron chi connectivity index (χ2n) is 12.8. The molecule has 0 aliphatic heterocycles. The molecule has 0 fully saturated rings. The lowest BCUT2D eigenvalue weighted by Gasteiger charge is -2.41. The monoisotopic (exact) mass is 850 g/mol. The summed E-state index contributed by atoms with van der Waals surface area (Å²) in [5, 5.41) is 0. The average molecular weight is 851 g/mol. The van der Waals surface area contributed by atoms with E-state index in [-0.39, 0.29) is 25.7 Å². The van der Waals surface area contributed by atoms with Gasteiger partial charge in [-0.2, -0.15) is 8.78 Å². The third kappa shape index (κ3) is 7.06. The van der Waals surface area contributed by atoms with E-state index in [1.807, 2.05) is 0 Å². The largest absolute Gasteiger partial charge is 0.286 e. The summed E-state index contributed by atoms with van der Waals surface area (Å²) in [5.41, 5.74) is -15.4. The maximum absolute atomic E-state index is 15.9. The third-order valence-electron chi connectivity index (χ3n) is 9.59. The smallest absolute Gasteiger partial charge is 0.225 e. The van der Waals surface area contributed by atoms with E-state index in [1.54, 1.807) is 0 Å². The normalized spacial score (nSPS) is 12.3. The van der Waals surface area contributed by atoms with Gasteiger partial charge in [-0.15, -0.1) is 0 Å². The van der Waals surface area contributed by atoms with Gasteiger partial charge >= 0.3 is 0 Å². The van der Waals surface area contributed by atoms with Crippen LogP contribution in [0.2, 0.25) is 0 Å². The molecule has 0 aliphatic carbocycles. The van der Waals surface area contributed by atoms with Gasteiger partial charge in [-0.25, -0.2) is 79.0 Å². The lowest BCUT2D eigenvalue weighted by atomic mass is 9.65. The van der Waals surface area contributed by atoms with Crippen molar-refractivity contribution < 1.29 is 87.8 Å². The van der Waals surface area contributed by atoms with Crippen molar-refractivity contribution in [1.82, 2.24) is 4.48 Å².